The third-order valence-electron chi connectivity index (χ3n) is 1.58. The number of rotatable bonds is 6. The van der Waals surface area contributed by atoms with Crippen molar-refractivity contribution >= 4 is 17.4 Å². The van der Waals surface area contributed by atoms with Gasteiger partial charge in [-0.2, -0.15) is 13.8 Å². The number of oxazole rings is 1. The average Bonchev–Trinajstić information content (AvgIpc) is 2.74. The number of aromatic nitrogens is 1. The van der Waals surface area contributed by atoms with Gasteiger partial charge in [-0.1, -0.05) is 5.16 Å². The Morgan fingerprint density at radius 3 is 3.12 bits per heavy atom. The second-order valence-electron chi connectivity index (χ2n) is 2.78. The predicted octanol–water partition coefficient (Wildman–Crippen LogP) is 1.93. The molecular weight excluding hydrogens is 254 g/mol. The van der Waals surface area contributed by atoms with Crippen LogP contribution in [0.3, 0.4) is 0 Å². The largest absolute Gasteiger partial charge is 0.608 e. The molecule has 0 radical (unpaired) electrons. The molecule has 0 aliphatic heterocycles. The van der Waals surface area contributed by atoms with Crippen LogP contribution in [0.4, 0.5) is 8.78 Å². The number of allylic oxidation sites excluding steroid dienone is 1. The van der Waals surface area contributed by atoms with E-state index >= 15 is 0 Å². The predicted molar refractivity (Wildman–Crippen MR) is 57.3 cm³/mol. The minimum absolute atomic E-state index is 0.00117. The van der Waals surface area contributed by atoms with Gasteiger partial charge in [0.05, 0.1) is 6.20 Å². The highest BCUT2D eigenvalue weighted by molar-refractivity contribution is 7.91. The topological polar surface area (TPSA) is 70.7 Å². The first kappa shape index (κ1) is 13.7. The first-order valence-corrected chi connectivity index (χ1v) is 5.87. The smallest absolute Gasteiger partial charge is 0.415 e. The van der Waals surface area contributed by atoms with Gasteiger partial charge >= 0.3 is 5.22 Å². The number of halogens is 2. The molecule has 0 spiro atoms. The van der Waals surface area contributed by atoms with Gasteiger partial charge in [-0.15, -0.1) is 0 Å². The zero-order valence-corrected chi connectivity index (χ0v) is 9.75. The fraction of sp³-hybridized carbons (Fsp3) is 0.333. The summed E-state index contributed by atoms with van der Waals surface area (Å²) < 4.78 is 40.0. The minimum Gasteiger partial charge on any atom is -0.608 e. The molecule has 0 fully saturated rings. The Labute approximate surface area is 99.3 Å². The number of hydrogen-bond donors (Lipinski definition) is 0. The van der Waals surface area contributed by atoms with Crippen LogP contribution in [0.5, 0.6) is 0 Å². The summed E-state index contributed by atoms with van der Waals surface area (Å²) in [6.45, 7) is 0. The number of nitrogens with zero attached hydrogens (tertiary/aromatic N) is 2. The number of oxime groups is 1. The van der Waals surface area contributed by atoms with Crippen molar-refractivity contribution in [2.75, 3.05) is 12.9 Å². The van der Waals surface area contributed by atoms with E-state index in [4.69, 9.17) is 4.42 Å². The lowest BCUT2D eigenvalue weighted by atomic mass is 10.5. The van der Waals surface area contributed by atoms with Gasteiger partial charge < -0.3 is 13.8 Å². The molecular formula is C9H10F2N2O3S. The standard InChI is InChI=1S/C9H10F2N2O3S/c1-15-13-6-7-5-12-9(16-7)17(14)4-2-3-8(10)11/h3,5-6H,2,4H2,1H3/b13-6+. The Morgan fingerprint density at radius 2 is 2.47 bits per heavy atom. The van der Waals surface area contributed by atoms with Crippen molar-refractivity contribution in [2.45, 2.75) is 11.6 Å². The summed E-state index contributed by atoms with van der Waals surface area (Å²) in [4.78, 5) is 8.17. The SMILES string of the molecule is CO/N=C/c1cnc([S+]([O-])CCC=C(F)F)o1. The first-order valence-electron chi connectivity index (χ1n) is 4.55. The van der Waals surface area contributed by atoms with E-state index in [2.05, 4.69) is 15.0 Å². The Hall–Kier alpha value is -1.41. The van der Waals surface area contributed by atoms with Crippen molar-refractivity contribution in [2.24, 2.45) is 5.16 Å². The summed E-state index contributed by atoms with van der Waals surface area (Å²) in [7, 11) is 1.36. The van der Waals surface area contributed by atoms with Crippen LogP contribution in [0.2, 0.25) is 0 Å². The van der Waals surface area contributed by atoms with Gasteiger partial charge in [0.15, 0.2) is 5.76 Å². The van der Waals surface area contributed by atoms with Crippen molar-refractivity contribution in [1.29, 1.82) is 0 Å². The van der Waals surface area contributed by atoms with Crippen molar-refractivity contribution in [3.05, 3.63) is 24.1 Å². The van der Waals surface area contributed by atoms with E-state index in [1.165, 1.54) is 19.5 Å². The zero-order valence-electron chi connectivity index (χ0n) is 8.93. The zero-order chi connectivity index (χ0) is 12.7. The van der Waals surface area contributed by atoms with Crippen LogP contribution >= 0.6 is 0 Å². The fourth-order valence-corrected chi connectivity index (χ4v) is 1.77. The lowest BCUT2D eigenvalue weighted by molar-refractivity contribution is 0.214. The van der Waals surface area contributed by atoms with Crippen LogP contribution in [0.1, 0.15) is 12.2 Å². The fourth-order valence-electron chi connectivity index (χ4n) is 0.902. The Balaban J connectivity index is 2.51. The van der Waals surface area contributed by atoms with E-state index < -0.39 is 17.3 Å². The summed E-state index contributed by atoms with van der Waals surface area (Å²) in [6, 6.07) is 0. The summed E-state index contributed by atoms with van der Waals surface area (Å²) in [5.41, 5.74) is 0. The van der Waals surface area contributed by atoms with Gasteiger partial charge in [0.2, 0.25) is 0 Å². The molecule has 1 heterocycles. The first-order chi connectivity index (χ1) is 8.13. The maximum Gasteiger partial charge on any atom is 0.415 e. The molecule has 0 saturated carbocycles. The molecule has 94 valence electrons. The minimum atomic E-state index is -1.79. The summed E-state index contributed by atoms with van der Waals surface area (Å²) in [5.74, 6) is 0.307. The molecule has 1 aromatic heterocycles. The Morgan fingerprint density at radius 1 is 1.71 bits per heavy atom. The summed E-state index contributed by atoms with van der Waals surface area (Å²) >= 11 is -1.54. The highest BCUT2D eigenvalue weighted by Gasteiger charge is 2.17. The summed E-state index contributed by atoms with van der Waals surface area (Å²) in [5, 5.41) is 3.42. The third kappa shape index (κ3) is 4.96. The van der Waals surface area contributed by atoms with Crippen LogP contribution in [0, 0.1) is 0 Å². The van der Waals surface area contributed by atoms with Gasteiger partial charge in [-0.05, 0) is 6.08 Å². The molecule has 0 aliphatic carbocycles. The molecule has 17 heavy (non-hydrogen) atoms. The van der Waals surface area contributed by atoms with Crippen molar-refractivity contribution in [1.82, 2.24) is 4.98 Å². The van der Waals surface area contributed by atoms with Crippen LogP contribution in [-0.4, -0.2) is 28.6 Å². The molecule has 8 heteroatoms. The molecule has 0 aromatic carbocycles. The van der Waals surface area contributed by atoms with E-state index in [1.807, 2.05) is 0 Å². The molecule has 0 aliphatic rings. The Bertz CT molecular complexity index is 405. The van der Waals surface area contributed by atoms with E-state index in [-0.39, 0.29) is 23.2 Å². The van der Waals surface area contributed by atoms with Gasteiger partial charge in [0, 0.05) is 17.6 Å². The van der Waals surface area contributed by atoms with E-state index in [1.54, 1.807) is 0 Å². The second-order valence-corrected chi connectivity index (χ2v) is 4.23. The molecule has 5 nitrogen and oxygen atoms in total. The average molecular weight is 264 g/mol. The van der Waals surface area contributed by atoms with E-state index in [0.717, 1.165) is 0 Å². The van der Waals surface area contributed by atoms with Gasteiger partial charge in [0.25, 0.3) is 6.08 Å². The molecule has 1 rings (SSSR count). The molecule has 0 bridgehead atoms. The molecule has 1 aromatic rings. The normalized spacial score (nSPS) is 12.7. The van der Waals surface area contributed by atoms with Crippen molar-refractivity contribution in [3.63, 3.8) is 0 Å². The highest BCUT2D eigenvalue weighted by atomic mass is 32.2. The van der Waals surface area contributed by atoms with Crippen LogP contribution in [0.15, 0.2) is 33.1 Å². The lowest BCUT2D eigenvalue weighted by Crippen LogP contribution is -2.06. The second kappa shape index (κ2) is 7.02. The van der Waals surface area contributed by atoms with Gasteiger partial charge in [-0.3, -0.25) is 0 Å². The van der Waals surface area contributed by atoms with Crippen LogP contribution < -0.4 is 0 Å². The molecule has 0 saturated heterocycles. The van der Waals surface area contributed by atoms with E-state index in [9.17, 15) is 13.3 Å². The van der Waals surface area contributed by atoms with Gasteiger partial charge in [0.1, 0.15) is 19.1 Å². The van der Waals surface area contributed by atoms with Crippen molar-refractivity contribution < 1.29 is 22.6 Å². The number of hydrogen-bond acceptors (Lipinski definition) is 5. The monoisotopic (exact) mass is 264 g/mol. The Kier molecular flexibility index (Phi) is 5.64. The third-order valence-corrected chi connectivity index (χ3v) is 2.77. The quantitative estimate of drug-likeness (QED) is 0.447. The maximum atomic E-state index is 11.7. The summed E-state index contributed by atoms with van der Waals surface area (Å²) in [6.07, 6.45) is 1.49. The van der Waals surface area contributed by atoms with Crippen molar-refractivity contribution in [3.8, 4) is 0 Å². The van der Waals surface area contributed by atoms with Gasteiger partial charge in [-0.25, -0.2) is 0 Å². The lowest BCUT2D eigenvalue weighted by Gasteiger charge is -2.02. The molecule has 1 atom stereocenters. The molecule has 0 N–H and O–H groups in total. The van der Waals surface area contributed by atoms with Crippen LogP contribution in [-0.2, 0) is 16.0 Å². The molecule has 0 amide bonds. The molecule has 1 unspecified atom stereocenters. The van der Waals surface area contributed by atoms with E-state index in [0.29, 0.717) is 6.08 Å². The maximum absolute atomic E-state index is 11.7. The van der Waals surface area contributed by atoms with Crippen LogP contribution in [0.25, 0.3) is 0 Å². The highest BCUT2D eigenvalue weighted by Crippen LogP contribution is 2.12.